The number of carbonyl (C=O) groups is 2. The van der Waals surface area contributed by atoms with E-state index in [4.69, 9.17) is 10.5 Å². The summed E-state index contributed by atoms with van der Waals surface area (Å²) >= 11 is 0. The minimum absolute atomic E-state index is 0.0255. The third-order valence-corrected chi connectivity index (χ3v) is 3.58. The Morgan fingerprint density at radius 3 is 2.35 bits per heavy atom. The lowest BCUT2D eigenvalue weighted by atomic mass is 9.96. The molecule has 1 heterocycles. The molecule has 0 aliphatic carbocycles. The van der Waals surface area contributed by atoms with E-state index in [1.807, 2.05) is 12.1 Å². The van der Waals surface area contributed by atoms with Gasteiger partial charge in [0, 0.05) is 19.4 Å². The Morgan fingerprint density at radius 1 is 1.25 bits per heavy atom. The molecular formula is C15H20N2O3. The van der Waals surface area contributed by atoms with Gasteiger partial charge in [-0.3, -0.25) is 14.5 Å². The Hall–Kier alpha value is -1.88. The molecule has 2 N–H and O–H groups in total. The fraction of sp³-hybridized carbons (Fsp3) is 0.467. The number of hydrogen-bond donors (Lipinski definition) is 1. The van der Waals surface area contributed by atoms with Gasteiger partial charge in [-0.25, -0.2) is 0 Å². The van der Waals surface area contributed by atoms with E-state index >= 15 is 0 Å². The Bertz CT molecular complexity index is 476. The molecule has 0 saturated carbocycles. The number of piperidine rings is 1. The van der Waals surface area contributed by atoms with Crippen LogP contribution in [0.25, 0.3) is 0 Å². The average molecular weight is 276 g/mol. The smallest absolute Gasteiger partial charge is 0.308 e. The van der Waals surface area contributed by atoms with Gasteiger partial charge in [0.2, 0.25) is 5.91 Å². The molecule has 5 heteroatoms. The standard InChI is InChI=1S/C15H20N2O3/c1-11(18)20-14-4-2-12(3-5-14)10-17-8-6-13(7-9-17)15(16)19/h2-5,13H,6-10H2,1H3,(H2,16,19). The first-order valence-corrected chi connectivity index (χ1v) is 6.83. The van der Waals surface area contributed by atoms with Gasteiger partial charge >= 0.3 is 5.97 Å². The van der Waals surface area contributed by atoms with Crippen molar-refractivity contribution in [2.45, 2.75) is 26.3 Å². The highest BCUT2D eigenvalue weighted by molar-refractivity contribution is 5.76. The first-order chi connectivity index (χ1) is 9.54. The van der Waals surface area contributed by atoms with Crippen molar-refractivity contribution in [2.24, 2.45) is 11.7 Å². The topological polar surface area (TPSA) is 72.6 Å². The van der Waals surface area contributed by atoms with Crippen LogP contribution in [0.3, 0.4) is 0 Å². The predicted molar refractivity (Wildman–Crippen MR) is 74.9 cm³/mol. The number of nitrogens with zero attached hydrogens (tertiary/aromatic N) is 1. The zero-order valence-electron chi connectivity index (χ0n) is 11.7. The molecule has 2 rings (SSSR count). The van der Waals surface area contributed by atoms with Crippen LogP contribution in [-0.4, -0.2) is 29.9 Å². The van der Waals surface area contributed by atoms with Gasteiger partial charge in [-0.1, -0.05) is 12.1 Å². The zero-order chi connectivity index (χ0) is 14.5. The minimum atomic E-state index is -0.314. The third kappa shape index (κ3) is 4.06. The van der Waals surface area contributed by atoms with E-state index < -0.39 is 0 Å². The van der Waals surface area contributed by atoms with Gasteiger partial charge in [0.15, 0.2) is 0 Å². The number of amides is 1. The molecule has 1 fully saturated rings. The zero-order valence-corrected chi connectivity index (χ0v) is 11.7. The minimum Gasteiger partial charge on any atom is -0.427 e. The number of hydrogen-bond acceptors (Lipinski definition) is 4. The molecule has 0 bridgehead atoms. The summed E-state index contributed by atoms with van der Waals surface area (Å²) in [5, 5.41) is 0. The second-order valence-corrected chi connectivity index (χ2v) is 5.19. The number of benzene rings is 1. The normalized spacial score (nSPS) is 16.9. The fourth-order valence-electron chi connectivity index (χ4n) is 2.46. The molecule has 0 atom stereocenters. The van der Waals surface area contributed by atoms with Crippen LogP contribution in [0.4, 0.5) is 0 Å². The predicted octanol–water partition coefficient (Wildman–Crippen LogP) is 1.31. The van der Waals surface area contributed by atoms with Crippen molar-refractivity contribution in [1.82, 2.24) is 4.90 Å². The molecule has 1 aromatic rings. The second-order valence-electron chi connectivity index (χ2n) is 5.19. The summed E-state index contributed by atoms with van der Waals surface area (Å²) < 4.78 is 5.00. The van der Waals surface area contributed by atoms with Crippen molar-refractivity contribution in [3.8, 4) is 5.75 Å². The van der Waals surface area contributed by atoms with Gasteiger partial charge in [0.05, 0.1) is 0 Å². The van der Waals surface area contributed by atoms with E-state index in [0.29, 0.717) is 5.75 Å². The molecule has 20 heavy (non-hydrogen) atoms. The van der Waals surface area contributed by atoms with Crippen molar-refractivity contribution in [3.63, 3.8) is 0 Å². The maximum Gasteiger partial charge on any atom is 0.308 e. The van der Waals surface area contributed by atoms with Crippen LogP contribution in [0, 0.1) is 5.92 Å². The summed E-state index contributed by atoms with van der Waals surface area (Å²) in [5.74, 6) is 0.0907. The first kappa shape index (κ1) is 14.5. The Kier molecular flexibility index (Phi) is 4.74. The highest BCUT2D eigenvalue weighted by atomic mass is 16.5. The number of esters is 1. The lowest BCUT2D eigenvalue weighted by Gasteiger charge is -2.30. The SMILES string of the molecule is CC(=O)Oc1ccc(CN2CCC(C(N)=O)CC2)cc1. The van der Waals surface area contributed by atoms with Gasteiger partial charge in [-0.05, 0) is 43.6 Å². The van der Waals surface area contributed by atoms with E-state index in [9.17, 15) is 9.59 Å². The summed E-state index contributed by atoms with van der Waals surface area (Å²) in [4.78, 5) is 24.2. The first-order valence-electron chi connectivity index (χ1n) is 6.83. The molecule has 0 spiro atoms. The Morgan fingerprint density at radius 2 is 1.85 bits per heavy atom. The van der Waals surface area contributed by atoms with Crippen molar-refractivity contribution in [2.75, 3.05) is 13.1 Å². The van der Waals surface area contributed by atoms with E-state index in [1.165, 1.54) is 12.5 Å². The summed E-state index contributed by atoms with van der Waals surface area (Å²) in [6.07, 6.45) is 1.67. The van der Waals surface area contributed by atoms with E-state index in [1.54, 1.807) is 12.1 Å². The fourth-order valence-corrected chi connectivity index (χ4v) is 2.46. The monoisotopic (exact) mass is 276 g/mol. The highest BCUT2D eigenvalue weighted by Gasteiger charge is 2.22. The molecule has 108 valence electrons. The van der Waals surface area contributed by atoms with Crippen molar-refractivity contribution in [3.05, 3.63) is 29.8 Å². The molecule has 0 aromatic heterocycles. The Balaban J connectivity index is 1.85. The summed E-state index contributed by atoms with van der Waals surface area (Å²) in [6.45, 7) is 4.00. The molecule has 5 nitrogen and oxygen atoms in total. The van der Waals surface area contributed by atoms with E-state index in [-0.39, 0.29) is 17.8 Å². The van der Waals surface area contributed by atoms with Gasteiger partial charge in [-0.2, -0.15) is 0 Å². The summed E-state index contributed by atoms with van der Waals surface area (Å²) in [5.41, 5.74) is 6.49. The summed E-state index contributed by atoms with van der Waals surface area (Å²) in [6, 6.07) is 7.51. The van der Waals surface area contributed by atoms with Crippen LogP contribution in [0.5, 0.6) is 5.75 Å². The molecule has 1 aliphatic heterocycles. The lowest BCUT2D eigenvalue weighted by Crippen LogP contribution is -2.38. The van der Waals surface area contributed by atoms with Crippen LogP contribution in [0.15, 0.2) is 24.3 Å². The van der Waals surface area contributed by atoms with Gasteiger partial charge in [0.1, 0.15) is 5.75 Å². The quantitative estimate of drug-likeness (QED) is 0.664. The van der Waals surface area contributed by atoms with E-state index in [0.717, 1.165) is 32.5 Å². The number of primary amides is 1. The van der Waals surface area contributed by atoms with Crippen molar-refractivity contribution >= 4 is 11.9 Å². The molecule has 1 aliphatic rings. The van der Waals surface area contributed by atoms with Gasteiger partial charge < -0.3 is 10.5 Å². The molecular weight excluding hydrogens is 256 g/mol. The van der Waals surface area contributed by atoms with Crippen LogP contribution < -0.4 is 10.5 Å². The Labute approximate surface area is 118 Å². The van der Waals surface area contributed by atoms with E-state index in [2.05, 4.69) is 4.90 Å². The largest absolute Gasteiger partial charge is 0.427 e. The maximum atomic E-state index is 11.1. The van der Waals surface area contributed by atoms with Gasteiger partial charge in [-0.15, -0.1) is 0 Å². The highest BCUT2D eigenvalue weighted by Crippen LogP contribution is 2.19. The number of nitrogens with two attached hydrogens (primary N) is 1. The lowest BCUT2D eigenvalue weighted by molar-refractivity contribution is -0.131. The molecule has 1 amide bonds. The van der Waals surface area contributed by atoms with Crippen molar-refractivity contribution < 1.29 is 14.3 Å². The molecule has 0 unspecified atom stereocenters. The molecule has 0 radical (unpaired) electrons. The number of carbonyl (C=O) groups excluding carboxylic acids is 2. The van der Waals surface area contributed by atoms with Gasteiger partial charge in [0.25, 0.3) is 0 Å². The van der Waals surface area contributed by atoms with Crippen molar-refractivity contribution in [1.29, 1.82) is 0 Å². The molecule has 1 saturated heterocycles. The van der Waals surface area contributed by atoms with Crippen LogP contribution in [0.1, 0.15) is 25.3 Å². The number of likely N-dealkylation sites (tertiary alicyclic amines) is 1. The van der Waals surface area contributed by atoms with Crippen LogP contribution in [0.2, 0.25) is 0 Å². The average Bonchev–Trinajstić information content (AvgIpc) is 2.41. The molecule has 1 aromatic carbocycles. The third-order valence-electron chi connectivity index (χ3n) is 3.58. The second kappa shape index (κ2) is 6.52. The summed E-state index contributed by atoms with van der Waals surface area (Å²) in [7, 11) is 0. The maximum absolute atomic E-state index is 11.1. The van der Waals surface area contributed by atoms with Crippen LogP contribution in [-0.2, 0) is 16.1 Å². The van der Waals surface area contributed by atoms with Crippen LogP contribution >= 0.6 is 0 Å². The number of rotatable bonds is 4. The number of ether oxygens (including phenoxy) is 1.